The zero-order valence-corrected chi connectivity index (χ0v) is 17.6. The number of ether oxygens (including phenoxy) is 1. The van der Waals surface area contributed by atoms with E-state index in [1.165, 1.54) is 10.1 Å². The van der Waals surface area contributed by atoms with Gasteiger partial charge in [0, 0.05) is 26.3 Å². The molecule has 0 N–H and O–H groups in total. The molecule has 2 heterocycles. The zero-order valence-electron chi connectivity index (χ0n) is 17.6. The second kappa shape index (κ2) is 9.62. The van der Waals surface area contributed by atoms with Crippen LogP contribution in [0.4, 0.5) is 0 Å². The number of nitrogens with zero attached hydrogens (tertiary/aromatic N) is 2. The topological polar surface area (TPSA) is 64.7 Å². The summed E-state index contributed by atoms with van der Waals surface area (Å²) < 4.78 is 11.7. The third kappa shape index (κ3) is 5.03. The minimum atomic E-state index is -0.421. The van der Waals surface area contributed by atoms with Crippen molar-refractivity contribution in [2.24, 2.45) is 0 Å². The van der Waals surface area contributed by atoms with E-state index in [0.717, 1.165) is 37.2 Å². The first-order valence-corrected chi connectivity index (χ1v) is 10.5. The van der Waals surface area contributed by atoms with Gasteiger partial charge in [0.25, 0.3) is 0 Å². The first kappa shape index (κ1) is 20.9. The lowest BCUT2D eigenvalue weighted by atomic mass is 9.89. The van der Waals surface area contributed by atoms with Crippen molar-refractivity contribution in [3.8, 4) is 5.69 Å². The number of hydrogen-bond donors (Lipinski definition) is 0. The highest BCUT2D eigenvalue weighted by atomic mass is 16.5. The fraction of sp³-hybridized carbons (Fsp3) is 0.280. The molecule has 4 rings (SSSR count). The number of hydrogen-bond acceptors (Lipinski definition) is 4. The Bertz CT molecular complexity index is 1090. The largest absolute Gasteiger partial charge is 0.423 e. The van der Waals surface area contributed by atoms with Gasteiger partial charge in [-0.25, -0.2) is 9.36 Å². The molecule has 3 aromatic rings. The van der Waals surface area contributed by atoms with Gasteiger partial charge in [-0.2, -0.15) is 0 Å². The summed E-state index contributed by atoms with van der Waals surface area (Å²) in [5.41, 5.74) is 3.01. The van der Waals surface area contributed by atoms with Gasteiger partial charge in [0.1, 0.15) is 6.61 Å². The third-order valence-electron chi connectivity index (χ3n) is 5.64. The Labute approximate surface area is 181 Å². The minimum Gasteiger partial charge on any atom is -0.410 e. The van der Waals surface area contributed by atoms with Gasteiger partial charge in [-0.3, -0.25) is 4.79 Å². The summed E-state index contributed by atoms with van der Waals surface area (Å²) in [5.74, 6) is 0.537. The molecule has 1 aliphatic heterocycles. The Morgan fingerprint density at radius 3 is 2.48 bits per heavy atom. The molecule has 0 spiro atoms. The van der Waals surface area contributed by atoms with E-state index in [1.807, 2.05) is 53.4 Å². The molecular weight excluding hydrogens is 392 g/mol. The van der Waals surface area contributed by atoms with E-state index in [-0.39, 0.29) is 12.5 Å². The molecule has 1 saturated heterocycles. The lowest BCUT2D eigenvalue weighted by Crippen LogP contribution is -2.36. The van der Waals surface area contributed by atoms with E-state index < -0.39 is 5.76 Å². The lowest BCUT2D eigenvalue weighted by Gasteiger charge is -2.31. The maximum absolute atomic E-state index is 12.5. The van der Waals surface area contributed by atoms with Crippen molar-refractivity contribution in [2.75, 3.05) is 20.2 Å². The van der Waals surface area contributed by atoms with Crippen LogP contribution >= 0.6 is 0 Å². The lowest BCUT2D eigenvalue weighted by molar-refractivity contribution is -0.126. The maximum atomic E-state index is 12.5. The first-order chi connectivity index (χ1) is 15.1. The van der Waals surface area contributed by atoms with E-state index >= 15 is 0 Å². The third-order valence-corrected chi connectivity index (χ3v) is 5.64. The van der Waals surface area contributed by atoms with Crippen LogP contribution in [-0.4, -0.2) is 35.6 Å². The summed E-state index contributed by atoms with van der Waals surface area (Å²) in [4.78, 5) is 26.4. The molecule has 0 unspecified atom stereocenters. The summed E-state index contributed by atoms with van der Waals surface area (Å²) in [7, 11) is 1.56. The van der Waals surface area contributed by atoms with Gasteiger partial charge in [-0.1, -0.05) is 42.5 Å². The Morgan fingerprint density at radius 2 is 1.81 bits per heavy atom. The van der Waals surface area contributed by atoms with Gasteiger partial charge < -0.3 is 14.1 Å². The van der Waals surface area contributed by atoms with E-state index in [1.54, 1.807) is 19.4 Å². The van der Waals surface area contributed by atoms with Crippen LogP contribution in [0.3, 0.4) is 0 Å². The highest BCUT2D eigenvalue weighted by Gasteiger charge is 2.22. The molecule has 2 aromatic carbocycles. The van der Waals surface area contributed by atoms with Crippen LogP contribution in [0.5, 0.6) is 0 Å². The van der Waals surface area contributed by atoms with E-state index in [9.17, 15) is 9.59 Å². The summed E-state index contributed by atoms with van der Waals surface area (Å²) >= 11 is 0. The fourth-order valence-corrected chi connectivity index (χ4v) is 3.95. The Kier molecular flexibility index (Phi) is 6.48. The maximum Gasteiger partial charge on any atom is 0.423 e. The molecule has 6 nitrogen and oxygen atoms in total. The van der Waals surface area contributed by atoms with Crippen LogP contribution in [0.25, 0.3) is 11.8 Å². The molecule has 1 fully saturated rings. The Balaban J connectivity index is 1.35. The highest BCUT2D eigenvalue weighted by molar-refractivity contribution is 5.91. The summed E-state index contributed by atoms with van der Waals surface area (Å²) in [6.07, 6.45) is 7.03. The van der Waals surface area contributed by atoms with Gasteiger partial charge in [0.15, 0.2) is 5.76 Å². The van der Waals surface area contributed by atoms with Crippen LogP contribution in [-0.2, 0) is 16.1 Å². The molecule has 31 heavy (non-hydrogen) atoms. The molecule has 0 atom stereocenters. The van der Waals surface area contributed by atoms with Gasteiger partial charge in [0.05, 0.1) is 11.9 Å². The molecule has 1 amide bonds. The van der Waals surface area contributed by atoms with Crippen molar-refractivity contribution in [1.29, 1.82) is 0 Å². The van der Waals surface area contributed by atoms with Crippen molar-refractivity contribution in [2.45, 2.75) is 25.4 Å². The van der Waals surface area contributed by atoms with Crippen LogP contribution < -0.4 is 5.76 Å². The average molecular weight is 418 g/mol. The second-order valence-corrected chi connectivity index (χ2v) is 7.70. The molecule has 6 heteroatoms. The second-order valence-electron chi connectivity index (χ2n) is 7.70. The van der Waals surface area contributed by atoms with E-state index in [0.29, 0.717) is 11.7 Å². The Morgan fingerprint density at radius 1 is 1.10 bits per heavy atom. The van der Waals surface area contributed by atoms with Gasteiger partial charge in [-0.15, -0.1) is 0 Å². The normalized spacial score (nSPS) is 14.9. The number of rotatable bonds is 6. The van der Waals surface area contributed by atoms with Crippen molar-refractivity contribution in [3.05, 3.63) is 94.3 Å². The molecule has 0 aliphatic carbocycles. The van der Waals surface area contributed by atoms with Gasteiger partial charge >= 0.3 is 5.76 Å². The van der Waals surface area contributed by atoms with Crippen molar-refractivity contribution < 1.29 is 13.9 Å². The quantitative estimate of drug-likeness (QED) is 0.568. The van der Waals surface area contributed by atoms with Gasteiger partial charge in [0.2, 0.25) is 5.91 Å². The molecular formula is C25H26N2O4. The summed E-state index contributed by atoms with van der Waals surface area (Å²) in [6, 6.07) is 17.8. The fourth-order valence-electron chi connectivity index (χ4n) is 3.95. The number of methoxy groups -OCH3 is 1. The first-order valence-electron chi connectivity index (χ1n) is 10.5. The molecule has 1 aliphatic rings. The van der Waals surface area contributed by atoms with Crippen LogP contribution in [0.2, 0.25) is 0 Å². The van der Waals surface area contributed by atoms with Crippen molar-refractivity contribution >= 4 is 12.0 Å². The Hall–Kier alpha value is -3.38. The van der Waals surface area contributed by atoms with Crippen LogP contribution in [0.1, 0.15) is 35.6 Å². The summed E-state index contributed by atoms with van der Waals surface area (Å²) in [5, 5.41) is 0. The van der Waals surface area contributed by atoms with Crippen molar-refractivity contribution in [3.63, 3.8) is 0 Å². The summed E-state index contributed by atoms with van der Waals surface area (Å²) in [6.45, 7) is 1.75. The van der Waals surface area contributed by atoms with Crippen LogP contribution in [0.15, 0.2) is 76.1 Å². The molecule has 0 radical (unpaired) electrons. The minimum absolute atomic E-state index is 0.0591. The smallest absolute Gasteiger partial charge is 0.410 e. The molecule has 0 saturated carbocycles. The molecule has 160 valence electrons. The number of aromatic nitrogens is 1. The van der Waals surface area contributed by atoms with E-state index in [2.05, 4.69) is 12.1 Å². The predicted octanol–water partition coefficient (Wildman–Crippen LogP) is 4.00. The molecule has 1 aromatic heterocycles. The number of amides is 1. The molecule has 0 bridgehead atoms. The number of oxazole rings is 1. The highest BCUT2D eigenvalue weighted by Crippen LogP contribution is 2.28. The number of piperidine rings is 1. The number of likely N-dealkylation sites (tertiary alicyclic amines) is 1. The van der Waals surface area contributed by atoms with Gasteiger partial charge in [-0.05, 0) is 48.1 Å². The number of benzene rings is 2. The van der Waals surface area contributed by atoms with Crippen molar-refractivity contribution in [1.82, 2.24) is 9.47 Å². The van der Waals surface area contributed by atoms with Crippen LogP contribution in [0, 0.1) is 0 Å². The average Bonchev–Trinajstić information content (AvgIpc) is 3.18. The standard InChI is InChI=1S/C25H26N2O4/c1-30-18-23-17-27(25(29)31-23)22-10-8-20(9-11-22)21-13-15-26(16-14-21)24(28)12-7-19-5-3-2-4-6-19/h2-12,17,21H,13-16,18H2,1H3/b12-7+. The number of carbonyl (C=O) groups is 1. The zero-order chi connectivity index (χ0) is 21.6. The predicted molar refractivity (Wildman–Crippen MR) is 119 cm³/mol. The number of carbonyl (C=O) groups excluding carboxylic acids is 1. The monoisotopic (exact) mass is 418 g/mol. The SMILES string of the molecule is COCc1cn(-c2ccc(C3CCN(C(=O)/C=C/c4ccccc4)CC3)cc2)c(=O)o1. The van der Waals surface area contributed by atoms with E-state index in [4.69, 9.17) is 9.15 Å².